The minimum atomic E-state index is -0.486. The molecule has 1 N–H and O–H groups in total. The summed E-state index contributed by atoms with van der Waals surface area (Å²) in [5, 5.41) is 11.8. The molecule has 3 aromatic rings. The number of methoxy groups -OCH3 is 2. The molecular weight excluding hydrogens is 394 g/mol. The fourth-order valence-corrected chi connectivity index (χ4v) is 3.82. The van der Waals surface area contributed by atoms with E-state index in [0.29, 0.717) is 27.7 Å². The molecule has 0 radical (unpaired) electrons. The molecule has 29 heavy (non-hydrogen) atoms. The third-order valence-electron chi connectivity index (χ3n) is 4.48. The third-order valence-corrected chi connectivity index (χ3v) is 5.52. The van der Waals surface area contributed by atoms with Crippen LogP contribution in [0, 0.1) is 13.8 Å². The van der Waals surface area contributed by atoms with Crippen molar-refractivity contribution in [3.63, 3.8) is 0 Å². The quantitative estimate of drug-likeness (QED) is 0.356. The molecule has 0 unspecified atom stereocenters. The van der Waals surface area contributed by atoms with Crippen molar-refractivity contribution in [3.05, 3.63) is 46.8 Å². The van der Waals surface area contributed by atoms with Crippen molar-refractivity contribution < 1.29 is 19.1 Å². The predicted octanol–water partition coefficient (Wildman–Crippen LogP) is 2.77. The number of ketones is 1. The minimum absolute atomic E-state index is 0.157. The van der Waals surface area contributed by atoms with Gasteiger partial charge in [-0.3, -0.25) is 4.79 Å². The summed E-state index contributed by atoms with van der Waals surface area (Å²) in [6, 6.07) is 7.26. The van der Waals surface area contributed by atoms with Crippen LogP contribution in [0.25, 0.3) is 5.69 Å². The number of aromatic nitrogens is 5. The molecular formula is C19H21N5O4S. The highest BCUT2D eigenvalue weighted by atomic mass is 32.2. The molecule has 1 atom stereocenters. The third kappa shape index (κ3) is 4.02. The van der Waals surface area contributed by atoms with E-state index in [1.807, 2.05) is 12.1 Å². The summed E-state index contributed by atoms with van der Waals surface area (Å²) in [6.45, 7) is 5.23. The average Bonchev–Trinajstić information content (AvgIpc) is 3.30. The van der Waals surface area contributed by atoms with Gasteiger partial charge in [-0.05, 0) is 61.0 Å². The first-order valence-electron chi connectivity index (χ1n) is 8.78. The second-order valence-electron chi connectivity index (χ2n) is 6.31. The Hall–Kier alpha value is -3.14. The van der Waals surface area contributed by atoms with Gasteiger partial charge in [0.2, 0.25) is 5.16 Å². The van der Waals surface area contributed by atoms with E-state index < -0.39 is 11.2 Å². The molecule has 152 valence electrons. The summed E-state index contributed by atoms with van der Waals surface area (Å²) < 4.78 is 11.5. The monoisotopic (exact) mass is 415 g/mol. The smallest absolute Gasteiger partial charge is 0.339 e. The number of esters is 1. The molecule has 2 heterocycles. The number of nitrogens with one attached hydrogen (secondary N) is 1. The van der Waals surface area contributed by atoms with Gasteiger partial charge in [-0.25, -0.2) is 4.79 Å². The molecule has 0 spiro atoms. The highest BCUT2D eigenvalue weighted by Crippen LogP contribution is 2.28. The lowest BCUT2D eigenvalue weighted by atomic mass is 10.1. The van der Waals surface area contributed by atoms with Crippen molar-refractivity contribution in [1.29, 1.82) is 0 Å². The number of aromatic amines is 1. The Morgan fingerprint density at radius 1 is 1.17 bits per heavy atom. The Morgan fingerprint density at radius 3 is 2.48 bits per heavy atom. The number of aryl methyl sites for hydroxylation is 1. The SMILES string of the molecule is COC(=O)c1c(C)[nH]c(C(=O)[C@H](C)Sc2nnnn2-c2ccc(OC)cc2)c1C. The molecule has 2 aromatic heterocycles. The first-order chi connectivity index (χ1) is 13.9. The van der Waals surface area contributed by atoms with Crippen LogP contribution in [0.2, 0.25) is 0 Å². The number of tetrazole rings is 1. The lowest BCUT2D eigenvalue weighted by Crippen LogP contribution is -2.16. The molecule has 0 bridgehead atoms. The fourth-order valence-electron chi connectivity index (χ4n) is 2.96. The highest BCUT2D eigenvalue weighted by Gasteiger charge is 2.27. The van der Waals surface area contributed by atoms with Crippen LogP contribution < -0.4 is 4.74 Å². The summed E-state index contributed by atoms with van der Waals surface area (Å²) in [6.07, 6.45) is 0. The van der Waals surface area contributed by atoms with Crippen LogP contribution in [-0.2, 0) is 4.74 Å². The Kier molecular flexibility index (Phi) is 6.02. The van der Waals surface area contributed by atoms with Crippen LogP contribution in [0.3, 0.4) is 0 Å². The molecule has 1 aromatic carbocycles. The summed E-state index contributed by atoms with van der Waals surface area (Å²) in [5.74, 6) is 0.0904. The number of thioether (sulfide) groups is 1. The van der Waals surface area contributed by atoms with Crippen molar-refractivity contribution >= 4 is 23.5 Å². The molecule has 0 aliphatic carbocycles. The van der Waals surface area contributed by atoms with Gasteiger partial charge in [-0.2, -0.15) is 4.68 Å². The van der Waals surface area contributed by atoms with Crippen LogP contribution in [0.1, 0.15) is 39.0 Å². The molecule has 10 heteroatoms. The van der Waals surface area contributed by atoms with E-state index in [2.05, 4.69) is 20.5 Å². The van der Waals surface area contributed by atoms with Gasteiger partial charge in [0.05, 0.1) is 36.4 Å². The van der Waals surface area contributed by atoms with E-state index >= 15 is 0 Å². The van der Waals surface area contributed by atoms with E-state index in [0.717, 1.165) is 11.4 Å². The van der Waals surface area contributed by atoms with Gasteiger partial charge >= 0.3 is 5.97 Å². The van der Waals surface area contributed by atoms with E-state index in [1.54, 1.807) is 44.7 Å². The largest absolute Gasteiger partial charge is 0.497 e. The van der Waals surface area contributed by atoms with Crippen LogP contribution in [0.5, 0.6) is 5.75 Å². The minimum Gasteiger partial charge on any atom is -0.497 e. The average molecular weight is 415 g/mol. The van der Waals surface area contributed by atoms with Crippen LogP contribution >= 0.6 is 11.8 Å². The van der Waals surface area contributed by atoms with Crippen molar-refractivity contribution in [1.82, 2.24) is 25.2 Å². The number of hydrogen-bond acceptors (Lipinski definition) is 8. The predicted molar refractivity (Wildman–Crippen MR) is 107 cm³/mol. The zero-order valence-corrected chi connectivity index (χ0v) is 17.5. The van der Waals surface area contributed by atoms with Crippen LogP contribution in [0.15, 0.2) is 29.4 Å². The number of Topliss-reactive ketones (excluding diaryl/α,β-unsaturated/α-hetero) is 1. The number of benzene rings is 1. The van der Waals surface area contributed by atoms with E-state index in [1.165, 1.54) is 18.9 Å². The zero-order valence-electron chi connectivity index (χ0n) is 16.7. The summed E-state index contributed by atoms with van der Waals surface area (Å²) in [5.41, 5.74) is 2.68. The molecule has 3 rings (SSSR count). The normalized spacial score (nSPS) is 11.9. The van der Waals surface area contributed by atoms with Gasteiger partial charge in [0.1, 0.15) is 5.75 Å². The van der Waals surface area contributed by atoms with Gasteiger partial charge in [-0.15, -0.1) is 5.10 Å². The van der Waals surface area contributed by atoms with Crippen molar-refractivity contribution in [2.24, 2.45) is 0 Å². The number of carbonyl (C=O) groups excluding carboxylic acids is 2. The summed E-state index contributed by atoms with van der Waals surface area (Å²) in [4.78, 5) is 28.0. The van der Waals surface area contributed by atoms with Gasteiger partial charge in [0.25, 0.3) is 0 Å². The van der Waals surface area contributed by atoms with Gasteiger partial charge in [0, 0.05) is 5.69 Å². The lowest BCUT2D eigenvalue weighted by molar-refractivity contribution is 0.0599. The Balaban J connectivity index is 1.83. The highest BCUT2D eigenvalue weighted by molar-refractivity contribution is 8.00. The van der Waals surface area contributed by atoms with E-state index in [-0.39, 0.29) is 5.78 Å². The second-order valence-corrected chi connectivity index (χ2v) is 7.62. The van der Waals surface area contributed by atoms with E-state index in [9.17, 15) is 9.59 Å². The number of ether oxygens (including phenoxy) is 2. The lowest BCUT2D eigenvalue weighted by Gasteiger charge is -2.10. The molecule has 0 aliphatic heterocycles. The van der Waals surface area contributed by atoms with E-state index in [4.69, 9.17) is 9.47 Å². The fraction of sp³-hybridized carbons (Fsp3) is 0.316. The summed E-state index contributed by atoms with van der Waals surface area (Å²) >= 11 is 1.23. The molecule has 0 saturated carbocycles. The maximum absolute atomic E-state index is 13.0. The Labute approximate surface area is 171 Å². The second kappa shape index (κ2) is 8.48. The number of carbonyl (C=O) groups is 2. The maximum Gasteiger partial charge on any atom is 0.339 e. The van der Waals surface area contributed by atoms with Gasteiger partial charge in [0.15, 0.2) is 5.78 Å². The first kappa shape index (κ1) is 20.6. The van der Waals surface area contributed by atoms with Gasteiger partial charge < -0.3 is 14.5 Å². The van der Waals surface area contributed by atoms with Crippen LogP contribution in [0.4, 0.5) is 0 Å². The molecule has 0 aliphatic rings. The summed E-state index contributed by atoms with van der Waals surface area (Å²) in [7, 11) is 2.91. The molecule has 0 saturated heterocycles. The number of nitrogens with zero attached hydrogens (tertiary/aromatic N) is 4. The Morgan fingerprint density at radius 2 is 1.86 bits per heavy atom. The van der Waals surface area contributed by atoms with Crippen molar-refractivity contribution in [3.8, 4) is 11.4 Å². The number of hydrogen-bond donors (Lipinski definition) is 1. The van der Waals surface area contributed by atoms with Gasteiger partial charge in [-0.1, -0.05) is 11.8 Å². The zero-order chi connectivity index (χ0) is 21.1. The topological polar surface area (TPSA) is 112 Å². The standard InChI is InChI=1S/C19H21N5O4S/c1-10-15(18(26)28-5)11(2)20-16(10)17(25)12(3)29-19-21-22-23-24(19)13-6-8-14(27-4)9-7-13/h6-9,12,20H,1-5H3/t12-/m0/s1. The van der Waals surface area contributed by atoms with Crippen molar-refractivity contribution in [2.75, 3.05) is 14.2 Å². The number of rotatable bonds is 7. The first-order valence-corrected chi connectivity index (χ1v) is 9.66. The van der Waals surface area contributed by atoms with Crippen LogP contribution in [-0.4, -0.2) is 56.4 Å². The Bertz CT molecular complexity index is 1040. The number of H-pyrrole nitrogens is 1. The van der Waals surface area contributed by atoms with Crippen molar-refractivity contribution in [2.45, 2.75) is 31.2 Å². The molecule has 9 nitrogen and oxygen atoms in total. The molecule has 0 amide bonds. The maximum atomic E-state index is 13.0. The molecule has 0 fully saturated rings.